The summed E-state index contributed by atoms with van der Waals surface area (Å²) in [4.78, 5) is 18.2. The van der Waals surface area contributed by atoms with Crippen molar-refractivity contribution in [2.75, 3.05) is 20.3 Å². The largest absolute Gasteiger partial charge is 0.383 e. The molecule has 1 amide bonds. The lowest BCUT2D eigenvalue weighted by Gasteiger charge is -2.21. The smallest absolute Gasteiger partial charge is 0.255 e. The van der Waals surface area contributed by atoms with E-state index in [9.17, 15) is 4.79 Å². The molecule has 4 nitrogen and oxygen atoms in total. The van der Waals surface area contributed by atoms with Crippen LogP contribution < -0.4 is 0 Å². The van der Waals surface area contributed by atoms with Gasteiger partial charge >= 0.3 is 0 Å². The summed E-state index contributed by atoms with van der Waals surface area (Å²) >= 11 is 3.26. The normalized spacial score (nSPS) is 14.7. The predicted molar refractivity (Wildman–Crippen MR) is 67.9 cm³/mol. The number of rotatable bonds is 5. The van der Waals surface area contributed by atoms with E-state index in [-0.39, 0.29) is 5.91 Å². The highest BCUT2D eigenvalue weighted by Crippen LogP contribution is 2.28. The number of halogens is 1. The molecule has 1 aliphatic rings. The summed E-state index contributed by atoms with van der Waals surface area (Å²) in [6, 6.07) is 3.97. The van der Waals surface area contributed by atoms with E-state index in [1.807, 2.05) is 4.90 Å². The van der Waals surface area contributed by atoms with Crippen molar-refractivity contribution < 1.29 is 9.53 Å². The SMILES string of the molecule is COCCN(C(=O)c1ccc(Br)nc1)C1CC1. The molecule has 92 valence electrons. The zero-order valence-electron chi connectivity index (χ0n) is 9.73. The predicted octanol–water partition coefficient (Wildman–Crippen LogP) is 2.10. The van der Waals surface area contributed by atoms with E-state index in [0.717, 1.165) is 17.4 Å². The van der Waals surface area contributed by atoms with Crippen molar-refractivity contribution >= 4 is 21.8 Å². The molecule has 0 N–H and O–H groups in total. The van der Waals surface area contributed by atoms with Crippen molar-refractivity contribution in [2.45, 2.75) is 18.9 Å². The fourth-order valence-corrected chi connectivity index (χ4v) is 1.93. The topological polar surface area (TPSA) is 42.4 Å². The fourth-order valence-electron chi connectivity index (χ4n) is 1.69. The van der Waals surface area contributed by atoms with Crippen LogP contribution in [0.4, 0.5) is 0 Å². The first-order valence-corrected chi connectivity index (χ1v) is 6.43. The summed E-state index contributed by atoms with van der Waals surface area (Å²) in [5.74, 6) is 0.0459. The van der Waals surface area contributed by atoms with Crippen LogP contribution >= 0.6 is 15.9 Å². The maximum absolute atomic E-state index is 12.3. The minimum absolute atomic E-state index is 0.0459. The number of ether oxygens (including phenoxy) is 1. The minimum Gasteiger partial charge on any atom is -0.383 e. The molecule has 1 aromatic heterocycles. The number of nitrogens with zero attached hydrogens (tertiary/aromatic N) is 2. The molecule has 17 heavy (non-hydrogen) atoms. The third-order valence-electron chi connectivity index (χ3n) is 2.76. The van der Waals surface area contributed by atoms with Gasteiger partial charge in [0.25, 0.3) is 5.91 Å². The van der Waals surface area contributed by atoms with Crippen molar-refractivity contribution in [3.05, 3.63) is 28.5 Å². The Morgan fingerprint density at radius 3 is 2.88 bits per heavy atom. The monoisotopic (exact) mass is 298 g/mol. The van der Waals surface area contributed by atoms with Crippen LogP contribution in [-0.2, 0) is 4.74 Å². The lowest BCUT2D eigenvalue weighted by atomic mass is 10.2. The van der Waals surface area contributed by atoms with Crippen LogP contribution in [0.5, 0.6) is 0 Å². The van der Waals surface area contributed by atoms with Crippen LogP contribution in [0.25, 0.3) is 0 Å². The van der Waals surface area contributed by atoms with Gasteiger partial charge in [-0.3, -0.25) is 4.79 Å². The Morgan fingerprint density at radius 2 is 2.35 bits per heavy atom. The van der Waals surface area contributed by atoms with Crippen molar-refractivity contribution in [1.82, 2.24) is 9.88 Å². The van der Waals surface area contributed by atoms with Crippen molar-refractivity contribution in [3.8, 4) is 0 Å². The first-order chi connectivity index (χ1) is 8.22. The molecule has 0 unspecified atom stereocenters. The molecule has 1 fully saturated rings. The molecular weight excluding hydrogens is 284 g/mol. The lowest BCUT2D eigenvalue weighted by Crippen LogP contribution is -2.35. The number of carbonyl (C=O) groups excluding carboxylic acids is 1. The summed E-state index contributed by atoms with van der Waals surface area (Å²) < 4.78 is 5.78. The summed E-state index contributed by atoms with van der Waals surface area (Å²) in [5, 5.41) is 0. The van der Waals surface area contributed by atoms with E-state index < -0.39 is 0 Å². The summed E-state index contributed by atoms with van der Waals surface area (Å²) in [5.41, 5.74) is 0.635. The Labute approximate surface area is 109 Å². The van der Waals surface area contributed by atoms with E-state index in [4.69, 9.17) is 4.74 Å². The van der Waals surface area contributed by atoms with Gasteiger partial charge in [-0.2, -0.15) is 0 Å². The van der Waals surface area contributed by atoms with Crippen LogP contribution in [0.3, 0.4) is 0 Å². The average Bonchev–Trinajstić information content (AvgIpc) is 3.14. The molecule has 1 aromatic rings. The fraction of sp³-hybridized carbons (Fsp3) is 0.500. The molecular formula is C12H15BrN2O2. The van der Waals surface area contributed by atoms with Crippen LogP contribution in [0, 0.1) is 0 Å². The van der Waals surface area contributed by atoms with Gasteiger partial charge in [0.2, 0.25) is 0 Å². The quantitative estimate of drug-likeness (QED) is 0.782. The standard InChI is InChI=1S/C12H15BrN2O2/c1-17-7-6-15(10-3-4-10)12(16)9-2-5-11(13)14-8-9/h2,5,8,10H,3-4,6-7H2,1H3. The second kappa shape index (κ2) is 5.60. The number of carbonyl (C=O) groups is 1. The molecule has 1 aliphatic carbocycles. The van der Waals surface area contributed by atoms with Crippen molar-refractivity contribution in [2.24, 2.45) is 0 Å². The number of methoxy groups -OCH3 is 1. The molecule has 0 spiro atoms. The summed E-state index contributed by atoms with van der Waals surface area (Å²) in [6.07, 6.45) is 3.80. The van der Waals surface area contributed by atoms with Gasteiger partial charge in [0, 0.05) is 25.9 Å². The van der Waals surface area contributed by atoms with Gasteiger partial charge in [-0.1, -0.05) is 0 Å². The lowest BCUT2D eigenvalue weighted by molar-refractivity contribution is 0.0680. The highest BCUT2D eigenvalue weighted by Gasteiger charge is 2.32. The molecule has 1 saturated carbocycles. The Bertz CT molecular complexity index is 390. The van der Waals surface area contributed by atoms with Gasteiger partial charge in [-0.15, -0.1) is 0 Å². The van der Waals surface area contributed by atoms with Gasteiger partial charge in [0.15, 0.2) is 0 Å². The molecule has 0 aliphatic heterocycles. The zero-order valence-corrected chi connectivity index (χ0v) is 11.3. The molecule has 0 aromatic carbocycles. The number of hydrogen-bond donors (Lipinski definition) is 0. The molecule has 1 heterocycles. The highest BCUT2D eigenvalue weighted by molar-refractivity contribution is 9.10. The third-order valence-corrected chi connectivity index (χ3v) is 3.23. The molecule has 0 bridgehead atoms. The third kappa shape index (κ3) is 3.26. The van der Waals surface area contributed by atoms with Gasteiger partial charge in [-0.25, -0.2) is 4.98 Å². The Balaban J connectivity index is 2.07. The molecule has 0 saturated heterocycles. The zero-order chi connectivity index (χ0) is 12.3. The number of pyridine rings is 1. The number of hydrogen-bond acceptors (Lipinski definition) is 3. The first-order valence-electron chi connectivity index (χ1n) is 5.64. The van der Waals surface area contributed by atoms with Crippen molar-refractivity contribution in [1.29, 1.82) is 0 Å². The maximum atomic E-state index is 12.3. The second-order valence-corrected chi connectivity index (χ2v) is 4.90. The van der Waals surface area contributed by atoms with Crippen LogP contribution in [0.1, 0.15) is 23.2 Å². The molecule has 0 radical (unpaired) electrons. The minimum atomic E-state index is 0.0459. The van der Waals surface area contributed by atoms with E-state index in [1.54, 1.807) is 25.4 Å². The van der Waals surface area contributed by atoms with Crippen LogP contribution in [-0.4, -0.2) is 42.1 Å². The maximum Gasteiger partial charge on any atom is 0.255 e. The molecule has 5 heteroatoms. The van der Waals surface area contributed by atoms with Gasteiger partial charge in [-0.05, 0) is 40.9 Å². The van der Waals surface area contributed by atoms with Gasteiger partial charge in [0.05, 0.1) is 12.2 Å². The van der Waals surface area contributed by atoms with Gasteiger partial charge < -0.3 is 9.64 Å². The Morgan fingerprint density at radius 1 is 1.59 bits per heavy atom. The van der Waals surface area contributed by atoms with E-state index in [2.05, 4.69) is 20.9 Å². The van der Waals surface area contributed by atoms with Crippen LogP contribution in [0.15, 0.2) is 22.9 Å². The molecule has 0 atom stereocenters. The Kier molecular flexibility index (Phi) is 4.12. The number of aromatic nitrogens is 1. The average molecular weight is 299 g/mol. The van der Waals surface area contributed by atoms with E-state index >= 15 is 0 Å². The number of amides is 1. The Hall–Kier alpha value is -0.940. The second-order valence-electron chi connectivity index (χ2n) is 4.09. The molecule has 2 rings (SSSR count). The highest BCUT2D eigenvalue weighted by atomic mass is 79.9. The summed E-state index contributed by atoms with van der Waals surface area (Å²) in [6.45, 7) is 1.22. The first kappa shape index (κ1) is 12.5. The van der Waals surface area contributed by atoms with E-state index in [0.29, 0.717) is 24.8 Å². The summed E-state index contributed by atoms with van der Waals surface area (Å²) in [7, 11) is 1.65. The van der Waals surface area contributed by atoms with Crippen molar-refractivity contribution in [3.63, 3.8) is 0 Å². The van der Waals surface area contributed by atoms with E-state index in [1.165, 1.54) is 0 Å². The van der Waals surface area contributed by atoms with Gasteiger partial charge in [0.1, 0.15) is 4.60 Å². The van der Waals surface area contributed by atoms with Crippen LogP contribution in [0.2, 0.25) is 0 Å².